The molecule has 1 amide bonds. The van der Waals surface area contributed by atoms with E-state index in [0.29, 0.717) is 17.9 Å². The van der Waals surface area contributed by atoms with Crippen molar-refractivity contribution in [3.05, 3.63) is 47.5 Å². The van der Waals surface area contributed by atoms with E-state index in [9.17, 15) is 4.79 Å². The summed E-state index contributed by atoms with van der Waals surface area (Å²) in [4.78, 5) is 16.1. The molecule has 0 unspecified atom stereocenters. The SMILES string of the molecule is Cc1ccc(CNC(=O)c2cc(N)cn2C)cn1. The molecule has 0 saturated heterocycles. The van der Waals surface area contributed by atoms with Crippen LogP contribution in [-0.4, -0.2) is 15.5 Å². The Morgan fingerprint density at radius 1 is 1.50 bits per heavy atom. The van der Waals surface area contributed by atoms with Gasteiger partial charge in [-0.15, -0.1) is 0 Å². The molecule has 2 aromatic heterocycles. The second kappa shape index (κ2) is 4.91. The number of pyridine rings is 1. The van der Waals surface area contributed by atoms with Gasteiger partial charge in [-0.1, -0.05) is 6.07 Å². The number of rotatable bonds is 3. The largest absolute Gasteiger partial charge is 0.397 e. The molecular formula is C13H16N4O. The number of nitrogen functional groups attached to an aromatic ring is 1. The molecule has 94 valence electrons. The third kappa shape index (κ3) is 2.68. The molecule has 5 nitrogen and oxygen atoms in total. The van der Waals surface area contributed by atoms with Gasteiger partial charge in [0.15, 0.2) is 0 Å². The van der Waals surface area contributed by atoms with Crippen LogP contribution in [0.3, 0.4) is 0 Å². The van der Waals surface area contributed by atoms with Crippen LogP contribution in [0.15, 0.2) is 30.6 Å². The minimum absolute atomic E-state index is 0.144. The van der Waals surface area contributed by atoms with E-state index in [1.54, 1.807) is 30.1 Å². The summed E-state index contributed by atoms with van der Waals surface area (Å²) < 4.78 is 1.71. The first-order valence-corrected chi connectivity index (χ1v) is 5.68. The van der Waals surface area contributed by atoms with E-state index < -0.39 is 0 Å². The van der Waals surface area contributed by atoms with E-state index in [2.05, 4.69) is 10.3 Å². The highest BCUT2D eigenvalue weighted by atomic mass is 16.1. The zero-order valence-electron chi connectivity index (χ0n) is 10.5. The number of carbonyl (C=O) groups excluding carboxylic acids is 1. The summed E-state index contributed by atoms with van der Waals surface area (Å²) in [5.74, 6) is -0.144. The molecule has 0 aliphatic heterocycles. The topological polar surface area (TPSA) is 72.9 Å². The standard InChI is InChI=1S/C13H16N4O/c1-9-3-4-10(6-15-9)7-16-13(18)12-5-11(14)8-17(12)2/h3-6,8H,7,14H2,1-2H3,(H,16,18). The van der Waals surface area contributed by atoms with Crippen molar-refractivity contribution in [1.82, 2.24) is 14.9 Å². The van der Waals surface area contributed by atoms with Crippen molar-refractivity contribution >= 4 is 11.6 Å². The van der Waals surface area contributed by atoms with E-state index >= 15 is 0 Å². The van der Waals surface area contributed by atoms with Gasteiger partial charge in [0, 0.05) is 31.7 Å². The third-order valence-electron chi connectivity index (χ3n) is 2.68. The first-order chi connectivity index (χ1) is 8.56. The van der Waals surface area contributed by atoms with Gasteiger partial charge in [0.05, 0.1) is 5.69 Å². The molecule has 0 fully saturated rings. The lowest BCUT2D eigenvalue weighted by Crippen LogP contribution is -2.24. The van der Waals surface area contributed by atoms with Crippen LogP contribution in [0.2, 0.25) is 0 Å². The molecule has 2 heterocycles. The van der Waals surface area contributed by atoms with Gasteiger partial charge >= 0.3 is 0 Å². The van der Waals surface area contributed by atoms with E-state index in [-0.39, 0.29) is 5.91 Å². The number of aryl methyl sites for hydroxylation is 2. The Hall–Kier alpha value is -2.30. The number of aromatic nitrogens is 2. The first kappa shape index (κ1) is 12.2. The molecule has 0 atom stereocenters. The van der Waals surface area contributed by atoms with Crippen LogP contribution in [0, 0.1) is 6.92 Å². The van der Waals surface area contributed by atoms with E-state index in [1.807, 2.05) is 19.1 Å². The zero-order valence-corrected chi connectivity index (χ0v) is 10.5. The minimum Gasteiger partial charge on any atom is -0.397 e. The summed E-state index contributed by atoms with van der Waals surface area (Å²) in [6, 6.07) is 5.52. The number of carbonyl (C=O) groups is 1. The monoisotopic (exact) mass is 244 g/mol. The summed E-state index contributed by atoms with van der Waals surface area (Å²) in [5.41, 5.74) is 8.69. The molecular weight excluding hydrogens is 228 g/mol. The Morgan fingerprint density at radius 3 is 2.83 bits per heavy atom. The summed E-state index contributed by atoms with van der Waals surface area (Å²) in [7, 11) is 1.79. The third-order valence-corrected chi connectivity index (χ3v) is 2.68. The van der Waals surface area contributed by atoms with Crippen molar-refractivity contribution in [3.8, 4) is 0 Å². The molecule has 0 aliphatic carbocycles. The second-order valence-corrected chi connectivity index (χ2v) is 4.26. The Balaban J connectivity index is 2.00. The highest BCUT2D eigenvalue weighted by Gasteiger charge is 2.10. The van der Waals surface area contributed by atoms with E-state index in [4.69, 9.17) is 5.73 Å². The molecule has 0 spiro atoms. The van der Waals surface area contributed by atoms with Gasteiger partial charge in [-0.2, -0.15) is 0 Å². The van der Waals surface area contributed by atoms with Crippen molar-refractivity contribution in [1.29, 1.82) is 0 Å². The zero-order chi connectivity index (χ0) is 13.1. The van der Waals surface area contributed by atoms with Crippen LogP contribution in [0.5, 0.6) is 0 Å². The summed E-state index contributed by atoms with van der Waals surface area (Å²) in [5, 5.41) is 2.83. The Morgan fingerprint density at radius 2 is 2.28 bits per heavy atom. The maximum Gasteiger partial charge on any atom is 0.268 e. The normalized spacial score (nSPS) is 10.3. The Kier molecular flexibility index (Phi) is 3.32. The molecule has 5 heteroatoms. The van der Waals surface area contributed by atoms with Crippen molar-refractivity contribution in [2.45, 2.75) is 13.5 Å². The lowest BCUT2D eigenvalue weighted by atomic mass is 10.2. The quantitative estimate of drug-likeness (QED) is 0.853. The number of nitrogens with two attached hydrogens (primary N) is 1. The average Bonchev–Trinajstić information content (AvgIpc) is 2.67. The molecule has 3 N–H and O–H groups in total. The minimum atomic E-state index is -0.144. The summed E-state index contributed by atoms with van der Waals surface area (Å²) in [6.07, 6.45) is 3.47. The van der Waals surface area contributed by atoms with Gasteiger partial charge in [-0.25, -0.2) is 0 Å². The van der Waals surface area contributed by atoms with Crippen molar-refractivity contribution < 1.29 is 4.79 Å². The molecule has 0 saturated carbocycles. The summed E-state index contributed by atoms with van der Waals surface area (Å²) in [6.45, 7) is 2.38. The van der Waals surface area contributed by atoms with Crippen LogP contribution < -0.4 is 11.1 Å². The maximum atomic E-state index is 11.9. The predicted molar refractivity (Wildman–Crippen MR) is 70.0 cm³/mol. The number of hydrogen-bond acceptors (Lipinski definition) is 3. The Labute approximate surface area is 106 Å². The van der Waals surface area contributed by atoms with Gasteiger partial charge in [-0.05, 0) is 24.6 Å². The number of hydrogen-bond donors (Lipinski definition) is 2. The van der Waals surface area contributed by atoms with Gasteiger partial charge in [0.25, 0.3) is 5.91 Å². The highest BCUT2D eigenvalue weighted by Crippen LogP contribution is 2.08. The second-order valence-electron chi connectivity index (χ2n) is 4.26. The van der Waals surface area contributed by atoms with Gasteiger partial charge < -0.3 is 15.6 Å². The van der Waals surface area contributed by atoms with Crippen molar-refractivity contribution in [3.63, 3.8) is 0 Å². The van der Waals surface area contributed by atoms with Gasteiger partial charge in [-0.3, -0.25) is 9.78 Å². The average molecular weight is 244 g/mol. The molecule has 0 radical (unpaired) electrons. The number of anilines is 1. The van der Waals surface area contributed by atoms with Gasteiger partial charge in [0.2, 0.25) is 0 Å². The smallest absolute Gasteiger partial charge is 0.268 e. The van der Waals surface area contributed by atoms with Crippen LogP contribution in [0.1, 0.15) is 21.7 Å². The number of nitrogens with zero attached hydrogens (tertiary/aromatic N) is 2. The molecule has 0 bridgehead atoms. The van der Waals surface area contributed by atoms with Crippen molar-refractivity contribution in [2.24, 2.45) is 7.05 Å². The fourth-order valence-corrected chi connectivity index (χ4v) is 1.69. The molecule has 18 heavy (non-hydrogen) atoms. The molecule has 2 rings (SSSR count). The van der Waals surface area contributed by atoms with E-state index in [0.717, 1.165) is 11.3 Å². The first-order valence-electron chi connectivity index (χ1n) is 5.68. The fourth-order valence-electron chi connectivity index (χ4n) is 1.69. The predicted octanol–water partition coefficient (Wildman–Crippen LogP) is 1.24. The van der Waals surface area contributed by atoms with Gasteiger partial charge in [0.1, 0.15) is 5.69 Å². The number of amides is 1. The lowest BCUT2D eigenvalue weighted by Gasteiger charge is -2.06. The van der Waals surface area contributed by atoms with Crippen molar-refractivity contribution in [2.75, 3.05) is 5.73 Å². The molecule has 0 aliphatic rings. The summed E-state index contributed by atoms with van der Waals surface area (Å²) >= 11 is 0. The van der Waals surface area contributed by atoms with Crippen LogP contribution in [-0.2, 0) is 13.6 Å². The Bertz CT molecular complexity index is 557. The molecule has 0 aromatic carbocycles. The van der Waals surface area contributed by atoms with Crippen LogP contribution >= 0.6 is 0 Å². The fraction of sp³-hybridized carbons (Fsp3) is 0.231. The van der Waals surface area contributed by atoms with Crippen LogP contribution in [0.4, 0.5) is 5.69 Å². The maximum absolute atomic E-state index is 11.9. The van der Waals surface area contributed by atoms with E-state index in [1.165, 1.54) is 0 Å². The van der Waals surface area contributed by atoms with Crippen LogP contribution in [0.25, 0.3) is 0 Å². The number of nitrogens with one attached hydrogen (secondary N) is 1. The lowest BCUT2D eigenvalue weighted by molar-refractivity contribution is 0.0943. The molecule has 2 aromatic rings. The highest BCUT2D eigenvalue weighted by molar-refractivity contribution is 5.93.